The number of hydrogen-bond donors (Lipinski definition) is 8. The molecule has 0 saturated heterocycles. The Bertz CT molecular complexity index is 771. The highest BCUT2D eigenvalue weighted by atomic mass is 16.4. The number of nitrogens with two attached hydrogens (primary N) is 2. The predicted octanol–water partition coefficient (Wildman–Crippen LogP) is -2.40. The highest BCUT2D eigenvalue weighted by Crippen LogP contribution is 2.06. The Morgan fingerprint density at radius 3 is 2.15 bits per heavy atom. The maximum absolute atomic E-state index is 13.0. The number of hydrogen-bond acceptors (Lipinski definition) is 8. The molecular formula is C20H35N7O6. The van der Waals surface area contributed by atoms with Crippen molar-refractivity contribution in [1.82, 2.24) is 25.9 Å². The molecule has 0 aliphatic carbocycles. The number of amides is 3. The molecule has 4 atom stereocenters. The number of nitrogens with one attached hydrogen (secondary N) is 4. The van der Waals surface area contributed by atoms with Crippen LogP contribution in [0.3, 0.4) is 0 Å². The molecule has 33 heavy (non-hydrogen) atoms. The van der Waals surface area contributed by atoms with Gasteiger partial charge in [-0.25, -0.2) is 9.78 Å². The van der Waals surface area contributed by atoms with Gasteiger partial charge in [-0.05, 0) is 31.7 Å². The van der Waals surface area contributed by atoms with E-state index in [-0.39, 0.29) is 18.8 Å². The Kier molecular flexibility index (Phi) is 12.0. The lowest BCUT2D eigenvalue weighted by Crippen LogP contribution is -2.58. The van der Waals surface area contributed by atoms with Crippen LogP contribution in [0.4, 0.5) is 0 Å². The lowest BCUT2D eigenvalue weighted by Gasteiger charge is -2.25. The number of aliphatic carboxylic acids is 1. The van der Waals surface area contributed by atoms with E-state index in [0.717, 1.165) is 0 Å². The van der Waals surface area contributed by atoms with Crippen LogP contribution in [0.1, 0.15) is 38.8 Å². The largest absolute Gasteiger partial charge is 0.480 e. The van der Waals surface area contributed by atoms with Crippen molar-refractivity contribution in [2.75, 3.05) is 13.2 Å². The van der Waals surface area contributed by atoms with Gasteiger partial charge in [0.05, 0.1) is 19.0 Å². The lowest BCUT2D eigenvalue weighted by atomic mass is 10.0. The van der Waals surface area contributed by atoms with Gasteiger partial charge in [0.2, 0.25) is 17.7 Å². The molecule has 0 aliphatic rings. The number of unbranched alkanes of at least 4 members (excludes halogenated alkanes) is 1. The molecular weight excluding hydrogens is 434 g/mol. The first-order valence-electron chi connectivity index (χ1n) is 10.8. The molecule has 0 bridgehead atoms. The quantitative estimate of drug-likeness (QED) is 0.128. The van der Waals surface area contributed by atoms with Crippen LogP contribution in [0.2, 0.25) is 0 Å². The number of carboxylic acid groups (broad SMARTS) is 1. The number of carbonyl (C=O) groups is 4. The van der Waals surface area contributed by atoms with Crippen molar-refractivity contribution >= 4 is 23.7 Å². The predicted molar refractivity (Wildman–Crippen MR) is 119 cm³/mol. The molecule has 1 aromatic heterocycles. The second-order valence-electron chi connectivity index (χ2n) is 8.04. The fourth-order valence-electron chi connectivity index (χ4n) is 2.89. The van der Waals surface area contributed by atoms with Crippen LogP contribution in [0, 0.1) is 5.92 Å². The second kappa shape index (κ2) is 14.2. The van der Waals surface area contributed by atoms with Crippen LogP contribution < -0.4 is 27.4 Å². The number of H-pyrrole nitrogens is 1. The second-order valence-corrected chi connectivity index (χ2v) is 8.04. The van der Waals surface area contributed by atoms with E-state index in [4.69, 9.17) is 16.6 Å². The summed E-state index contributed by atoms with van der Waals surface area (Å²) in [5, 5.41) is 25.7. The molecule has 0 radical (unpaired) electrons. The van der Waals surface area contributed by atoms with Crippen LogP contribution in [0.25, 0.3) is 0 Å². The number of carboxylic acids is 1. The standard InChI is InChI=1S/C20H35N7O6/c1-11(2)16(22)19(31)25-13(5-3-4-6-21)17(29)26-14(7-12-8-23-10-24-12)18(30)27-15(9-28)20(32)33/h8,10-11,13-16,28H,3-7,9,21-22H2,1-2H3,(H,23,24)(H,25,31)(H,26,29)(H,27,30)(H,32,33). The summed E-state index contributed by atoms with van der Waals surface area (Å²) in [6.07, 6.45) is 4.27. The summed E-state index contributed by atoms with van der Waals surface area (Å²) in [6.45, 7) is 3.14. The van der Waals surface area contributed by atoms with E-state index in [9.17, 15) is 24.3 Å². The molecule has 1 heterocycles. The number of aliphatic hydroxyl groups excluding tert-OH is 1. The number of aliphatic hydroxyl groups is 1. The number of aromatic nitrogens is 2. The lowest BCUT2D eigenvalue weighted by molar-refractivity contribution is -0.143. The van der Waals surface area contributed by atoms with Gasteiger partial charge >= 0.3 is 5.97 Å². The minimum atomic E-state index is -1.54. The number of imidazole rings is 1. The first-order valence-corrected chi connectivity index (χ1v) is 10.8. The van der Waals surface area contributed by atoms with Gasteiger partial charge in [0, 0.05) is 18.3 Å². The SMILES string of the molecule is CC(C)C(N)C(=O)NC(CCCCN)C(=O)NC(Cc1cnc[nH]1)C(=O)NC(CO)C(=O)O. The van der Waals surface area contributed by atoms with Gasteiger partial charge in [-0.1, -0.05) is 13.8 Å². The summed E-state index contributed by atoms with van der Waals surface area (Å²) in [5.41, 5.74) is 11.9. The molecule has 3 amide bonds. The summed E-state index contributed by atoms with van der Waals surface area (Å²) < 4.78 is 0. The highest BCUT2D eigenvalue weighted by Gasteiger charge is 2.30. The van der Waals surface area contributed by atoms with Crippen molar-refractivity contribution in [3.63, 3.8) is 0 Å². The first kappa shape index (κ1) is 28.0. The number of rotatable bonds is 15. The molecule has 13 heteroatoms. The van der Waals surface area contributed by atoms with Crippen LogP contribution in [0.5, 0.6) is 0 Å². The van der Waals surface area contributed by atoms with E-state index in [0.29, 0.717) is 25.1 Å². The molecule has 0 aliphatic heterocycles. The van der Waals surface area contributed by atoms with Crippen LogP contribution in [-0.2, 0) is 25.6 Å². The molecule has 13 nitrogen and oxygen atoms in total. The smallest absolute Gasteiger partial charge is 0.328 e. The average molecular weight is 470 g/mol. The first-order chi connectivity index (χ1) is 15.6. The molecule has 1 aromatic rings. The van der Waals surface area contributed by atoms with Crippen molar-refractivity contribution in [2.45, 2.75) is 63.7 Å². The normalized spacial score (nSPS) is 14.7. The third-order valence-electron chi connectivity index (χ3n) is 5.01. The average Bonchev–Trinajstić information content (AvgIpc) is 3.28. The minimum Gasteiger partial charge on any atom is -0.480 e. The van der Waals surface area contributed by atoms with Gasteiger partial charge in [-0.15, -0.1) is 0 Å². The zero-order chi connectivity index (χ0) is 25.0. The van der Waals surface area contributed by atoms with E-state index >= 15 is 0 Å². The van der Waals surface area contributed by atoms with Crippen molar-refractivity contribution in [3.05, 3.63) is 18.2 Å². The molecule has 0 fully saturated rings. The molecule has 0 aromatic carbocycles. The molecule has 0 saturated carbocycles. The Hall–Kier alpha value is -3.03. The van der Waals surface area contributed by atoms with E-state index in [1.165, 1.54) is 12.5 Å². The number of carbonyl (C=O) groups excluding carboxylic acids is 3. The van der Waals surface area contributed by atoms with Crippen molar-refractivity contribution in [1.29, 1.82) is 0 Å². The van der Waals surface area contributed by atoms with Crippen LogP contribution >= 0.6 is 0 Å². The van der Waals surface area contributed by atoms with E-state index in [1.807, 2.05) is 0 Å². The van der Waals surface area contributed by atoms with Gasteiger partial charge < -0.3 is 42.6 Å². The Balaban J connectivity index is 3.02. The van der Waals surface area contributed by atoms with Crippen LogP contribution in [0.15, 0.2) is 12.5 Å². The number of nitrogens with zero attached hydrogens (tertiary/aromatic N) is 1. The molecule has 1 rings (SSSR count). The fraction of sp³-hybridized carbons (Fsp3) is 0.650. The fourth-order valence-corrected chi connectivity index (χ4v) is 2.89. The van der Waals surface area contributed by atoms with Crippen molar-refractivity contribution in [2.24, 2.45) is 17.4 Å². The van der Waals surface area contributed by atoms with Gasteiger partial charge in [-0.3, -0.25) is 14.4 Å². The Morgan fingerprint density at radius 1 is 1.03 bits per heavy atom. The minimum absolute atomic E-state index is 0.0235. The van der Waals surface area contributed by atoms with Gasteiger partial charge in [0.15, 0.2) is 0 Å². The third kappa shape index (κ3) is 9.55. The monoisotopic (exact) mass is 469 g/mol. The Labute approximate surface area is 192 Å². The zero-order valence-electron chi connectivity index (χ0n) is 18.9. The number of aromatic amines is 1. The Morgan fingerprint density at radius 2 is 1.64 bits per heavy atom. The third-order valence-corrected chi connectivity index (χ3v) is 5.01. The maximum atomic E-state index is 13.0. The van der Waals surface area contributed by atoms with E-state index in [2.05, 4.69) is 25.9 Å². The molecule has 186 valence electrons. The summed E-state index contributed by atoms with van der Waals surface area (Å²) in [4.78, 5) is 56.0. The highest BCUT2D eigenvalue weighted by molar-refractivity contribution is 5.94. The van der Waals surface area contributed by atoms with Gasteiger partial charge in [-0.2, -0.15) is 0 Å². The maximum Gasteiger partial charge on any atom is 0.328 e. The topological polar surface area (TPSA) is 226 Å². The van der Waals surface area contributed by atoms with Gasteiger partial charge in [0.25, 0.3) is 0 Å². The van der Waals surface area contributed by atoms with Crippen molar-refractivity contribution < 1.29 is 29.4 Å². The summed E-state index contributed by atoms with van der Waals surface area (Å²) in [5.74, 6) is -3.52. The van der Waals surface area contributed by atoms with E-state index in [1.54, 1.807) is 13.8 Å². The summed E-state index contributed by atoms with van der Waals surface area (Å²) >= 11 is 0. The van der Waals surface area contributed by atoms with Crippen LogP contribution in [-0.4, -0.2) is 81.2 Å². The molecule has 10 N–H and O–H groups in total. The molecule has 4 unspecified atom stereocenters. The summed E-state index contributed by atoms with van der Waals surface area (Å²) in [7, 11) is 0. The van der Waals surface area contributed by atoms with E-state index < -0.39 is 54.5 Å². The zero-order valence-corrected chi connectivity index (χ0v) is 18.9. The summed E-state index contributed by atoms with van der Waals surface area (Å²) in [6, 6.07) is -4.53. The van der Waals surface area contributed by atoms with Crippen molar-refractivity contribution in [3.8, 4) is 0 Å². The van der Waals surface area contributed by atoms with Gasteiger partial charge in [0.1, 0.15) is 18.1 Å². The molecule has 0 spiro atoms.